The number of carbonyl (C=O) groups excluding carboxylic acids is 1. The Labute approximate surface area is 234 Å². The van der Waals surface area contributed by atoms with Crippen molar-refractivity contribution in [3.05, 3.63) is 120 Å². The van der Waals surface area contributed by atoms with Gasteiger partial charge in [0, 0.05) is 19.3 Å². The fourth-order valence-corrected chi connectivity index (χ4v) is 4.94. The molecule has 0 bridgehead atoms. The number of rotatable bonds is 8. The van der Waals surface area contributed by atoms with Gasteiger partial charge in [0.25, 0.3) is 0 Å². The van der Waals surface area contributed by atoms with Crippen molar-refractivity contribution in [2.45, 2.75) is 12.8 Å². The molecule has 40 heavy (non-hydrogen) atoms. The van der Waals surface area contributed by atoms with Crippen LogP contribution in [-0.4, -0.2) is 36.9 Å². The quantitative estimate of drug-likeness (QED) is 0.203. The molecule has 0 saturated heterocycles. The molecule has 5 aromatic rings. The molecule has 0 aliphatic carbocycles. The molecule has 0 saturated carbocycles. The molecule has 0 spiro atoms. The normalized spacial score (nSPS) is 10.8. The molecular weight excluding hydrogens is 500 g/mol. The Morgan fingerprint density at radius 1 is 0.825 bits per heavy atom. The van der Waals surface area contributed by atoms with Crippen LogP contribution < -0.4 is 15.0 Å². The van der Waals surface area contributed by atoms with Gasteiger partial charge in [0.15, 0.2) is 0 Å². The smallest absolute Gasteiger partial charge is 0.321 e. The van der Waals surface area contributed by atoms with Crippen LogP contribution in [0.3, 0.4) is 0 Å². The van der Waals surface area contributed by atoms with Crippen LogP contribution in [0.15, 0.2) is 103 Å². The maximum atomic E-state index is 12.7. The van der Waals surface area contributed by atoms with Crippen molar-refractivity contribution in [2.24, 2.45) is 0 Å². The summed E-state index contributed by atoms with van der Waals surface area (Å²) in [4.78, 5) is 14.3. The zero-order valence-corrected chi connectivity index (χ0v) is 22.6. The summed E-state index contributed by atoms with van der Waals surface area (Å²) in [5.74, 6) is 1.21. The lowest BCUT2D eigenvalue weighted by atomic mass is 9.89. The van der Waals surface area contributed by atoms with Crippen LogP contribution in [0.1, 0.15) is 16.7 Å². The highest BCUT2D eigenvalue weighted by Gasteiger charge is 2.13. The number of phenolic OH excluding ortho intramolecular Hbond substituents is 2. The van der Waals surface area contributed by atoms with Gasteiger partial charge in [0.05, 0.1) is 7.11 Å². The number of amides is 2. The number of benzene rings is 5. The highest BCUT2D eigenvalue weighted by Crippen LogP contribution is 2.34. The molecule has 0 unspecified atom stereocenters. The van der Waals surface area contributed by atoms with Gasteiger partial charge in [-0.2, -0.15) is 0 Å². The number of urea groups is 1. The van der Waals surface area contributed by atoms with Gasteiger partial charge in [-0.1, -0.05) is 54.6 Å². The SMILES string of the molecule is COc1ccc(N(C)C(=O)NCCc2cccc(Cc3c(-c4ccc(O)cc4)ccc4cc(O)ccc34)c2)cc1. The molecule has 5 rings (SSSR count). The van der Waals surface area contributed by atoms with Crippen LogP contribution in [0, 0.1) is 0 Å². The number of hydrogen-bond acceptors (Lipinski definition) is 4. The second-order valence-corrected chi connectivity index (χ2v) is 9.78. The summed E-state index contributed by atoms with van der Waals surface area (Å²) in [6.07, 6.45) is 1.39. The lowest BCUT2D eigenvalue weighted by Gasteiger charge is -2.18. The summed E-state index contributed by atoms with van der Waals surface area (Å²) in [6.45, 7) is 0.509. The van der Waals surface area contributed by atoms with Crippen molar-refractivity contribution < 1.29 is 19.7 Å². The Kier molecular flexibility index (Phi) is 7.87. The first kappa shape index (κ1) is 26.6. The molecule has 202 valence electrons. The van der Waals surface area contributed by atoms with E-state index >= 15 is 0 Å². The van der Waals surface area contributed by atoms with Gasteiger partial charge >= 0.3 is 6.03 Å². The monoisotopic (exact) mass is 532 g/mol. The fourth-order valence-electron chi connectivity index (χ4n) is 4.94. The van der Waals surface area contributed by atoms with Crippen LogP contribution in [0.25, 0.3) is 21.9 Å². The van der Waals surface area contributed by atoms with Gasteiger partial charge in [0.1, 0.15) is 17.2 Å². The summed E-state index contributed by atoms with van der Waals surface area (Å²) in [5.41, 5.74) is 6.32. The van der Waals surface area contributed by atoms with E-state index in [1.165, 1.54) is 0 Å². The van der Waals surface area contributed by atoms with E-state index in [0.717, 1.165) is 50.0 Å². The Balaban J connectivity index is 1.32. The van der Waals surface area contributed by atoms with E-state index in [9.17, 15) is 15.0 Å². The Bertz CT molecular complexity index is 1630. The lowest BCUT2D eigenvalue weighted by Crippen LogP contribution is -2.38. The minimum absolute atomic E-state index is 0.168. The van der Waals surface area contributed by atoms with Crippen LogP contribution in [0.2, 0.25) is 0 Å². The molecular formula is C34H32N2O4. The van der Waals surface area contributed by atoms with Crippen molar-refractivity contribution in [3.8, 4) is 28.4 Å². The van der Waals surface area contributed by atoms with Crippen LogP contribution >= 0.6 is 0 Å². The number of ether oxygens (including phenoxy) is 1. The van der Waals surface area contributed by atoms with Crippen LogP contribution in [0.4, 0.5) is 10.5 Å². The number of nitrogens with zero attached hydrogens (tertiary/aromatic N) is 1. The molecule has 3 N–H and O–H groups in total. The number of fused-ring (bicyclic) bond motifs is 1. The molecule has 0 fully saturated rings. The number of aromatic hydroxyl groups is 2. The zero-order valence-electron chi connectivity index (χ0n) is 22.6. The summed E-state index contributed by atoms with van der Waals surface area (Å²) >= 11 is 0. The highest BCUT2D eigenvalue weighted by molar-refractivity contribution is 5.93. The topological polar surface area (TPSA) is 82.0 Å². The van der Waals surface area contributed by atoms with E-state index in [4.69, 9.17) is 4.74 Å². The summed E-state index contributed by atoms with van der Waals surface area (Å²) < 4.78 is 5.19. The molecule has 0 atom stereocenters. The average Bonchev–Trinajstić information content (AvgIpc) is 2.97. The van der Waals surface area contributed by atoms with Crippen LogP contribution in [-0.2, 0) is 12.8 Å². The van der Waals surface area contributed by atoms with E-state index in [-0.39, 0.29) is 17.5 Å². The molecule has 0 aliphatic rings. The minimum atomic E-state index is -0.168. The molecule has 6 nitrogen and oxygen atoms in total. The predicted octanol–water partition coefficient (Wildman–Crippen LogP) is 6.91. The number of hydrogen-bond donors (Lipinski definition) is 3. The van der Waals surface area contributed by atoms with Crippen molar-refractivity contribution in [2.75, 3.05) is 25.6 Å². The average molecular weight is 533 g/mol. The number of carbonyl (C=O) groups is 1. The third kappa shape index (κ3) is 6.02. The van der Waals surface area contributed by atoms with Gasteiger partial charge in [-0.3, -0.25) is 4.90 Å². The molecule has 0 radical (unpaired) electrons. The van der Waals surface area contributed by atoms with Crippen molar-refractivity contribution in [1.82, 2.24) is 5.32 Å². The van der Waals surface area contributed by atoms with Crippen molar-refractivity contribution >= 4 is 22.5 Å². The van der Waals surface area contributed by atoms with E-state index < -0.39 is 0 Å². The van der Waals surface area contributed by atoms with Gasteiger partial charge in [-0.25, -0.2) is 4.79 Å². The second kappa shape index (κ2) is 11.8. The maximum absolute atomic E-state index is 12.7. The van der Waals surface area contributed by atoms with Gasteiger partial charge in [-0.05, 0) is 100.0 Å². The van der Waals surface area contributed by atoms with Gasteiger partial charge in [-0.15, -0.1) is 0 Å². The number of anilines is 1. The first-order valence-electron chi connectivity index (χ1n) is 13.2. The predicted molar refractivity (Wildman–Crippen MR) is 160 cm³/mol. The molecule has 0 aromatic heterocycles. The number of phenols is 2. The Morgan fingerprint density at radius 3 is 2.30 bits per heavy atom. The third-order valence-electron chi connectivity index (χ3n) is 7.12. The first-order chi connectivity index (χ1) is 19.4. The van der Waals surface area contributed by atoms with E-state index in [1.807, 2.05) is 54.6 Å². The fraction of sp³-hybridized carbons (Fsp3) is 0.147. The second-order valence-electron chi connectivity index (χ2n) is 9.78. The van der Waals surface area contributed by atoms with E-state index in [1.54, 1.807) is 43.3 Å². The highest BCUT2D eigenvalue weighted by atomic mass is 16.5. The lowest BCUT2D eigenvalue weighted by molar-refractivity contribution is 0.247. The van der Waals surface area contributed by atoms with Crippen molar-refractivity contribution in [1.29, 1.82) is 0 Å². The van der Waals surface area contributed by atoms with Gasteiger partial charge < -0.3 is 20.3 Å². The van der Waals surface area contributed by atoms with Gasteiger partial charge in [0.2, 0.25) is 0 Å². The largest absolute Gasteiger partial charge is 0.508 e. The Hall–Kier alpha value is -4.97. The molecule has 0 aliphatic heterocycles. The van der Waals surface area contributed by atoms with E-state index in [0.29, 0.717) is 19.4 Å². The number of nitrogens with one attached hydrogen (secondary N) is 1. The van der Waals surface area contributed by atoms with E-state index in [2.05, 4.69) is 29.6 Å². The maximum Gasteiger partial charge on any atom is 0.321 e. The third-order valence-corrected chi connectivity index (χ3v) is 7.12. The Morgan fingerprint density at radius 2 is 1.55 bits per heavy atom. The molecule has 2 amide bonds. The standard InChI is InChI=1S/C34H32N2O4/c1-36(27-9-14-30(40-2)15-10-27)34(39)35-19-18-23-4-3-5-24(20-23)21-33-31(25-6-11-28(37)12-7-25)16-8-26-22-29(38)13-17-32(26)33/h3-17,20,22,37-38H,18-19,21H2,1-2H3,(H,35,39). The van der Waals surface area contributed by atoms with Crippen molar-refractivity contribution in [3.63, 3.8) is 0 Å². The summed E-state index contributed by atoms with van der Waals surface area (Å²) in [7, 11) is 3.36. The summed E-state index contributed by atoms with van der Waals surface area (Å²) in [6, 6.07) is 32.4. The molecule has 0 heterocycles. The zero-order chi connectivity index (χ0) is 28.1. The summed E-state index contributed by atoms with van der Waals surface area (Å²) in [5, 5.41) is 24.9. The minimum Gasteiger partial charge on any atom is -0.508 e. The molecule has 6 heteroatoms. The first-order valence-corrected chi connectivity index (χ1v) is 13.2. The number of methoxy groups -OCH3 is 1. The van der Waals surface area contributed by atoms with Crippen LogP contribution in [0.5, 0.6) is 17.2 Å². The molecule has 5 aromatic carbocycles.